The van der Waals surface area contributed by atoms with Crippen LogP contribution in [0.2, 0.25) is 0 Å². The minimum atomic E-state index is -1.06. The zero-order chi connectivity index (χ0) is 24.2. The first kappa shape index (κ1) is 21.4. The van der Waals surface area contributed by atoms with Crippen LogP contribution in [-0.2, 0) is 18.6 Å². The lowest BCUT2D eigenvalue weighted by molar-refractivity contribution is 0.0463. The Kier molecular flexibility index (Phi) is 4.88. The fourth-order valence-corrected chi connectivity index (χ4v) is 4.52. The first-order valence-electron chi connectivity index (χ1n) is 11.4. The van der Waals surface area contributed by atoms with E-state index in [-0.39, 0.29) is 12.4 Å². The highest BCUT2D eigenvalue weighted by atomic mass is 19.1. The van der Waals surface area contributed by atoms with Gasteiger partial charge in [0.2, 0.25) is 5.95 Å². The van der Waals surface area contributed by atoms with Gasteiger partial charge in [-0.05, 0) is 37.6 Å². The molecule has 0 amide bonds. The molecule has 6 rings (SSSR count). The smallest absolute Gasteiger partial charge is 0.210 e. The molecule has 0 fully saturated rings. The Hall–Kier alpha value is -4.12. The summed E-state index contributed by atoms with van der Waals surface area (Å²) in [4.78, 5) is 9.01. The van der Waals surface area contributed by atoms with E-state index >= 15 is 0 Å². The molecule has 5 aromatic rings. The predicted octanol–water partition coefficient (Wildman–Crippen LogP) is 3.14. The van der Waals surface area contributed by atoms with Crippen LogP contribution in [0.5, 0.6) is 5.75 Å². The Labute approximate surface area is 199 Å². The third kappa shape index (κ3) is 3.38. The van der Waals surface area contributed by atoms with Crippen LogP contribution >= 0.6 is 0 Å². The summed E-state index contributed by atoms with van der Waals surface area (Å²) in [5, 5.41) is 26.7. The average Bonchev–Trinajstić information content (AvgIpc) is 3.63. The maximum Gasteiger partial charge on any atom is 0.210 e. The van der Waals surface area contributed by atoms with Crippen LogP contribution in [-0.4, -0.2) is 45.9 Å². The fourth-order valence-electron chi connectivity index (χ4n) is 4.52. The van der Waals surface area contributed by atoms with Crippen molar-refractivity contribution in [3.05, 3.63) is 65.8 Å². The van der Waals surface area contributed by atoms with Gasteiger partial charge in [-0.3, -0.25) is 4.40 Å². The van der Waals surface area contributed by atoms with Crippen molar-refractivity contribution in [2.24, 2.45) is 0 Å². The lowest BCUT2D eigenvalue weighted by atomic mass is 9.97. The van der Waals surface area contributed by atoms with Gasteiger partial charge in [0.05, 0.1) is 12.3 Å². The normalized spacial score (nSPS) is 14.7. The Bertz CT molecular complexity index is 1580. The molecule has 2 N–H and O–H groups in total. The molecule has 0 unspecified atom stereocenters. The lowest BCUT2D eigenvalue weighted by Gasteiger charge is -2.22. The minimum absolute atomic E-state index is 0.243. The molecule has 35 heavy (non-hydrogen) atoms. The Morgan fingerprint density at radius 1 is 1.17 bits per heavy atom. The number of hydrogen-bond acceptors (Lipinski definition) is 8. The number of nitrogens with one attached hydrogen (secondary N) is 1. The first-order chi connectivity index (χ1) is 17.0. The van der Waals surface area contributed by atoms with Gasteiger partial charge < -0.3 is 15.2 Å². The van der Waals surface area contributed by atoms with Crippen LogP contribution in [0.25, 0.3) is 22.4 Å². The van der Waals surface area contributed by atoms with Crippen molar-refractivity contribution in [2.75, 3.05) is 11.9 Å². The van der Waals surface area contributed by atoms with Crippen molar-refractivity contribution in [1.29, 1.82) is 0 Å². The van der Waals surface area contributed by atoms with E-state index in [1.165, 1.54) is 12.4 Å². The summed E-state index contributed by atoms with van der Waals surface area (Å²) >= 11 is 0. The maximum atomic E-state index is 14.6. The number of hydrogen-bond donors (Lipinski definition) is 2. The van der Waals surface area contributed by atoms with Crippen molar-refractivity contribution in [2.45, 2.75) is 38.8 Å². The minimum Gasteiger partial charge on any atom is -0.493 e. The second-order valence-corrected chi connectivity index (χ2v) is 8.73. The van der Waals surface area contributed by atoms with Gasteiger partial charge >= 0.3 is 0 Å². The monoisotopic (exact) mass is 474 g/mol. The summed E-state index contributed by atoms with van der Waals surface area (Å²) in [5.74, 6) is 0.923. The molecule has 0 saturated carbocycles. The molecule has 5 heterocycles. The maximum absolute atomic E-state index is 14.6. The zero-order valence-electron chi connectivity index (χ0n) is 19.2. The van der Waals surface area contributed by atoms with Gasteiger partial charge in [0.15, 0.2) is 11.3 Å². The molecular weight excluding hydrogens is 451 g/mol. The highest BCUT2D eigenvalue weighted by Gasteiger charge is 2.26. The third-order valence-electron chi connectivity index (χ3n) is 6.65. The molecule has 0 aliphatic carbocycles. The SMILES string of the molecule is CC[C@@](C)(O)c1ccc(-c2cnc(NCc3c(F)ccc4c3CCO4)n3cnnc23)c2ncnn12. The third-order valence-corrected chi connectivity index (χ3v) is 6.65. The number of fused-ring (bicyclic) bond motifs is 3. The molecule has 1 aliphatic rings. The second kappa shape index (κ2) is 7.98. The molecule has 1 aromatic carbocycles. The highest BCUT2D eigenvalue weighted by molar-refractivity contribution is 5.86. The van der Waals surface area contributed by atoms with E-state index in [2.05, 4.69) is 30.6 Å². The number of halogens is 1. The summed E-state index contributed by atoms with van der Waals surface area (Å²) in [5.41, 5.74) is 3.62. The number of ether oxygens (including phenoxy) is 1. The first-order valence-corrected chi connectivity index (χ1v) is 11.4. The van der Waals surface area contributed by atoms with Gasteiger partial charge in [0.1, 0.15) is 29.8 Å². The molecule has 0 spiro atoms. The van der Waals surface area contributed by atoms with Gasteiger partial charge in [0.25, 0.3) is 0 Å². The van der Waals surface area contributed by atoms with Gasteiger partial charge in [-0.25, -0.2) is 18.9 Å². The Balaban J connectivity index is 1.39. The van der Waals surface area contributed by atoms with Crippen molar-refractivity contribution >= 4 is 17.2 Å². The van der Waals surface area contributed by atoms with Crippen LogP contribution in [0.1, 0.15) is 37.1 Å². The summed E-state index contributed by atoms with van der Waals surface area (Å²) in [6, 6.07) is 6.81. The Morgan fingerprint density at radius 2 is 2.06 bits per heavy atom. The van der Waals surface area contributed by atoms with Crippen LogP contribution in [0.3, 0.4) is 0 Å². The van der Waals surface area contributed by atoms with Gasteiger partial charge in [-0.1, -0.05) is 6.92 Å². The summed E-state index contributed by atoms with van der Waals surface area (Å²) in [7, 11) is 0. The molecular formula is C24H23FN8O2. The zero-order valence-corrected chi connectivity index (χ0v) is 19.2. The van der Waals surface area contributed by atoms with Gasteiger partial charge in [0, 0.05) is 41.4 Å². The van der Waals surface area contributed by atoms with E-state index < -0.39 is 5.60 Å². The molecule has 11 heteroatoms. The number of aromatic nitrogens is 7. The van der Waals surface area contributed by atoms with Crippen LogP contribution in [0.15, 0.2) is 43.1 Å². The molecule has 1 aliphatic heterocycles. The van der Waals surface area contributed by atoms with E-state index in [0.717, 1.165) is 16.9 Å². The summed E-state index contributed by atoms with van der Waals surface area (Å²) in [6.45, 7) is 4.46. The lowest BCUT2D eigenvalue weighted by Crippen LogP contribution is -2.23. The van der Waals surface area contributed by atoms with E-state index in [4.69, 9.17) is 4.74 Å². The molecule has 178 valence electrons. The van der Waals surface area contributed by atoms with Crippen molar-refractivity contribution in [3.63, 3.8) is 0 Å². The van der Waals surface area contributed by atoms with Crippen molar-refractivity contribution in [3.8, 4) is 16.9 Å². The molecule has 10 nitrogen and oxygen atoms in total. The second-order valence-electron chi connectivity index (χ2n) is 8.73. The quantitative estimate of drug-likeness (QED) is 0.386. The largest absolute Gasteiger partial charge is 0.493 e. The molecule has 1 atom stereocenters. The highest BCUT2D eigenvalue weighted by Crippen LogP contribution is 2.33. The number of benzene rings is 1. The number of rotatable bonds is 6. The summed E-state index contributed by atoms with van der Waals surface area (Å²) in [6.07, 6.45) is 5.89. The average molecular weight is 475 g/mol. The number of nitrogens with zero attached hydrogens (tertiary/aromatic N) is 7. The van der Waals surface area contributed by atoms with Crippen LogP contribution < -0.4 is 10.1 Å². The number of pyridine rings is 1. The number of aliphatic hydroxyl groups is 1. The predicted molar refractivity (Wildman–Crippen MR) is 126 cm³/mol. The summed E-state index contributed by atoms with van der Waals surface area (Å²) < 4.78 is 23.5. The van der Waals surface area contributed by atoms with Crippen LogP contribution in [0, 0.1) is 5.82 Å². The van der Waals surface area contributed by atoms with Crippen LogP contribution in [0.4, 0.5) is 10.3 Å². The topological polar surface area (TPSA) is 115 Å². The number of anilines is 1. The Morgan fingerprint density at radius 3 is 2.91 bits per heavy atom. The van der Waals surface area contributed by atoms with E-state index in [1.807, 2.05) is 19.1 Å². The standard InChI is InChI=1S/C24H23FN8O2/c1-3-24(2,34)20-7-4-15(21-28-12-30-33(20)21)17-11-27-23(32-13-29-31-22(17)32)26-10-16-14-8-9-35-19(14)6-5-18(16)25/h4-7,11-13,34H,3,8-10H2,1-2H3,(H,26,27)/t24-/m1/s1. The van der Waals surface area contributed by atoms with Gasteiger partial charge in [-0.2, -0.15) is 5.10 Å². The van der Waals surface area contributed by atoms with Crippen molar-refractivity contribution in [1.82, 2.24) is 34.2 Å². The molecule has 0 bridgehead atoms. The molecule has 4 aromatic heterocycles. The van der Waals surface area contributed by atoms with E-state index in [0.29, 0.717) is 53.5 Å². The van der Waals surface area contributed by atoms with E-state index in [1.54, 1.807) is 34.4 Å². The molecule has 0 radical (unpaired) electrons. The van der Waals surface area contributed by atoms with Crippen molar-refractivity contribution < 1.29 is 14.2 Å². The molecule has 0 saturated heterocycles. The van der Waals surface area contributed by atoms with E-state index in [9.17, 15) is 9.50 Å². The fraction of sp³-hybridized carbons (Fsp3) is 0.292. The van der Waals surface area contributed by atoms with Gasteiger partial charge in [-0.15, -0.1) is 10.2 Å².